The minimum absolute atomic E-state index is 0.519. The highest BCUT2D eigenvalue weighted by molar-refractivity contribution is 6.01. The molecule has 0 bridgehead atoms. The topological polar surface area (TPSA) is 83.6 Å². The van der Waals surface area contributed by atoms with Gasteiger partial charge in [0.15, 0.2) is 11.5 Å². The van der Waals surface area contributed by atoms with E-state index in [-0.39, 0.29) is 0 Å². The second kappa shape index (κ2) is 4.41. The predicted molar refractivity (Wildman–Crippen MR) is 76.3 cm³/mol. The Balaban J connectivity index is 2.00. The molecule has 1 aliphatic rings. The predicted octanol–water partition coefficient (Wildman–Crippen LogP) is 1.33. The molecule has 3 aromatic rings. The van der Waals surface area contributed by atoms with Gasteiger partial charge in [-0.15, -0.1) is 15.3 Å². The number of carbonyl (C=O) groups is 1. The Labute approximate surface area is 119 Å². The van der Waals surface area contributed by atoms with Crippen LogP contribution in [0, 0.1) is 0 Å². The first-order valence-corrected chi connectivity index (χ1v) is 6.84. The summed E-state index contributed by atoms with van der Waals surface area (Å²) in [6.45, 7) is 0.696. The van der Waals surface area contributed by atoms with Crippen LogP contribution in [-0.4, -0.2) is 43.5 Å². The molecule has 1 saturated heterocycles. The second-order valence-corrected chi connectivity index (χ2v) is 5.16. The zero-order valence-electron chi connectivity index (χ0n) is 11.2. The van der Waals surface area contributed by atoms with E-state index in [0.717, 1.165) is 17.2 Å². The molecule has 0 radical (unpaired) electrons. The smallest absolute Gasteiger partial charge is 0.326 e. The lowest BCUT2D eigenvalue weighted by molar-refractivity contribution is -0.138. The van der Waals surface area contributed by atoms with E-state index in [0.29, 0.717) is 24.4 Å². The zero-order valence-corrected chi connectivity index (χ0v) is 11.2. The van der Waals surface area contributed by atoms with E-state index in [2.05, 4.69) is 15.3 Å². The van der Waals surface area contributed by atoms with E-state index >= 15 is 0 Å². The Kier molecular flexibility index (Phi) is 2.53. The molecule has 1 fully saturated rings. The van der Waals surface area contributed by atoms with Crippen LogP contribution in [0.15, 0.2) is 30.6 Å². The maximum Gasteiger partial charge on any atom is 0.326 e. The van der Waals surface area contributed by atoms with Crippen molar-refractivity contribution in [3.05, 3.63) is 30.6 Å². The van der Waals surface area contributed by atoms with Crippen molar-refractivity contribution in [3.8, 4) is 0 Å². The van der Waals surface area contributed by atoms with Crippen LogP contribution >= 0.6 is 0 Å². The lowest BCUT2D eigenvalue weighted by atomic mass is 10.1. The Hall–Kier alpha value is -2.70. The summed E-state index contributed by atoms with van der Waals surface area (Å²) >= 11 is 0. The van der Waals surface area contributed by atoms with Gasteiger partial charge in [0.05, 0.1) is 0 Å². The lowest BCUT2D eigenvalue weighted by Gasteiger charge is -2.23. The highest BCUT2D eigenvalue weighted by Crippen LogP contribution is 2.31. The molecule has 1 N–H and O–H groups in total. The standard InChI is InChI=1S/C14H13N5O2/c20-14(21)11-6-3-7-18(11)13-10-5-2-1-4-9(10)12-16-15-8-19(12)17-13/h1-2,4-5,8,11H,3,6-7H2,(H,20,21). The van der Waals surface area contributed by atoms with E-state index in [4.69, 9.17) is 0 Å². The summed E-state index contributed by atoms with van der Waals surface area (Å²) in [5, 5.41) is 23.7. The van der Waals surface area contributed by atoms with Gasteiger partial charge in [0, 0.05) is 17.3 Å². The molecule has 1 unspecified atom stereocenters. The number of hydrogen-bond acceptors (Lipinski definition) is 5. The van der Waals surface area contributed by atoms with E-state index in [1.165, 1.54) is 6.33 Å². The number of rotatable bonds is 2. The number of hydrogen-bond donors (Lipinski definition) is 1. The van der Waals surface area contributed by atoms with Gasteiger partial charge in [-0.2, -0.15) is 4.52 Å². The normalized spacial score (nSPS) is 18.7. The van der Waals surface area contributed by atoms with Gasteiger partial charge in [-0.3, -0.25) is 0 Å². The molecule has 21 heavy (non-hydrogen) atoms. The minimum Gasteiger partial charge on any atom is -0.480 e. The van der Waals surface area contributed by atoms with Gasteiger partial charge in [0.25, 0.3) is 0 Å². The van der Waals surface area contributed by atoms with Crippen molar-refractivity contribution in [1.29, 1.82) is 0 Å². The maximum atomic E-state index is 11.4. The monoisotopic (exact) mass is 283 g/mol. The molecule has 7 nitrogen and oxygen atoms in total. The molecule has 0 amide bonds. The van der Waals surface area contributed by atoms with E-state index in [1.54, 1.807) is 4.52 Å². The summed E-state index contributed by atoms with van der Waals surface area (Å²) in [6, 6.07) is 7.24. The molecule has 0 spiro atoms. The van der Waals surface area contributed by atoms with Gasteiger partial charge in [-0.25, -0.2) is 4.79 Å². The zero-order chi connectivity index (χ0) is 14.4. The van der Waals surface area contributed by atoms with Gasteiger partial charge >= 0.3 is 5.97 Å². The molecule has 4 rings (SSSR count). The number of fused-ring (bicyclic) bond motifs is 3. The van der Waals surface area contributed by atoms with Crippen LogP contribution in [0.25, 0.3) is 16.4 Å². The third kappa shape index (κ3) is 1.74. The molecule has 1 aliphatic heterocycles. The fraction of sp³-hybridized carbons (Fsp3) is 0.286. The van der Waals surface area contributed by atoms with Crippen LogP contribution in [0.2, 0.25) is 0 Å². The summed E-state index contributed by atoms with van der Waals surface area (Å²) in [5.74, 6) is -0.120. The van der Waals surface area contributed by atoms with Gasteiger partial charge in [-0.1, -0.05) is 24.3 Å². The molecule has 1 atom stereocenters. The van der Waals surface area contributed by atoms with E-state index in [9.17, 15) is 9.90 Å². The van der Waals surface area contributed by atoms with Crippen LogP contribution < -0.4 is 4.90 Å². The third-order valence-corrected chi connectivity index (χ3v) is 3.95. The third-order valence-electron chi connectivity index (χ3n) is 3.95. The molecule has 7 heteroatoms. The average molecular weight is 283 g/mol. The molecule has 106 valence electrons. The summed E-state index contributed by atoms with van der Waals surface area (Å²) in [4.78, 5) is 13.3. The molecule has 3 heterocycles. The fourth-order valence-corrected chi connectivity index (χ4v) is 3.00. The largest absolute Gasteiger partial charge is 0.480 e. The van der Waals surface area contributed by atoms with Gasteiger partial charge in [0.2, 0.25) is 0 Å². The number of nitrogens with zero attached hydrogens (tertiary/aromatic N) is 5. The van der Waals surface area contributed by atoms with Crippen molar-refractivity contribution in [2.24, 2.45) is 0 Å². The van der Waals surface area contributed by atoms with Crippen LogP contribution in [0.1, 0.15) is 12.8 Å². The van der Waals surface area contributed by atoms with Crippen molar-refractivity contribution in [3.63, 3.8) is 0 Å². The SMILES string of the molecule is O=C(O)C1CCCN1c1nn2cnnc2c2ccccc12. The molecule has 0 aliphatic carbocycles. The first kappa shape index (κ1) is 12.1. The number of aliphatic carboxylic acids is 1. The van der Waals surface area contributed by atoms with Crippen molar-refractivity contribution < 1.29 is 9.90 Å². The Morgan fingerprint density at radius 1 is 1.29 bits per heavy atom. The number of benzene rings is 1. The molecule has 1 aromatic carbocycles. The highest BCUT2D eigenvalue weighted by atomic mass is 16.4. The number of anilines is 1. The first-order valence-electron chi connectivity index (χ1n) is 6.84. The summed E-state index contributed by atoms with van der Waals surface area (Å²) in [5.41, 5.74) is 0.681. The van der Waals surface area contributed by atoms with Crippen LogP contribution in [-0.2, 0) is 4.79 Å². The summed E-state index contributed by atoms with van der Waals surface area (Å²) < 4.78 is 1.61. The number of carboxylic acid groups (broad SMARTS) is 1. The molecule has 0 saturated carbocycles. The van der Waals surface area contributed by atoms with Gasteiger partial charge in [-0.05, 0) is 12.8 Å². The quantitative estimate of drug-likeness (QED) is 0.764. The first-order chi connectivity index (χ1) is 10.3. The Morgan fingerprint density at radius 2 is 2.10 bits per heavy atom. The number of carboxylic acids is 1. The van der Waals surface area contributed by atoms with Crippen molar-refractivity contribution in [2.75, 3.05) is 11.4 Å². The second-order valence-electron chi connectivity index (χ2n) is 5.16. The number of aromatic nitrogens is 4. The Morgan fingerprint density at radius 3 is 2.90 bits per heavy atom. The molecule has 2 aromatic heterocycles. The Bertz CT molecular complexity index is 844. The van der Waals surface area contributed by atoms with Gasteiger partial charge in [0.1, 0.15) is 12.4 Å². The minimum atomic E-state index is -0.803. The van der Waals surface area contributed by atoms with Crippen molar-refractivity contribution in [2.45, 2.75) is 18.9 Å². The average Bonchev–Trinajstić information content (AvgIpc) is 3.15. The summed E-state index contributed by atoms with van der Waals surface area (Å²) in [6.07, 6.45) is 3.04. The van der Waals surface area contributed by atoms with Crippen LogP contribution in [0.3, 0.4) is 0 Å². The lowest BCUT2D eigenvalue weighted by Crippen LogP contribution is -2.36. The molecular weight excluding hydrogens is 270 g/mol. The van der Waals surface area contributed by atoms with Crippen LogP contribution in [0.5, 0.6) is 0 Å². The van der Waals surface area contributed by atoms with Crippen molar-refractivity contribution >= 4 is 28.2 Å². The van der Waals surface area contributed by atoms with Gasteiger partial charge < -0.3 is 10.0 Å². The van der Waals surface area contributed by atoms with E-state index in [1.807, 2.05) is 29.2 Å². The van der Waals surface area contributed by atoms with Crippen LogP contribution in [0.4, 0.5) is 5.82 Å². The summed E-state index contributed by atoms with van der Waals surface area (Å²) in [7, 11) is 0. The molecular formula is C14H13N5O2. The van der Waals surface area contributed by atoms with Crippen molar-refractivity contribution in [1.82, 2.24) is 19.8 Å². The van der Waals surface area contributed by atoms with E-state index < -0.39 is 12.0 Å². The fourth-order valence-electron chi connectivity index (χ4n) is 3.00. The maximum absolute atomic E-state index is 11.4. The highest BCUT2D eigenvalue weighted by Gasteiger charge is 2.32.